The number of carbonyl (C=O) groups excluding carboxylic acids is 2. The molecule has 2 aromatic carbocycles. The minimum absolute atomic E-state index is 0.122. The van der Waals surface area contributed by atoms with Crippen LogP contribution in [0, 0.1) is 19.7 Å². The summed E-state index contributed by atoms with van der Waals surface area (Å²) in [5.41, 5.74) is 3.03. The van der Waals surface area contributed by atoms with Crippen LogP contribution in [-0.2, 0) is 9.59 Å². The lowest BCUT2D eigenvalue weighted by molar-refractivity contribution is -0.114. The van der Waals surface area contributed by atoms with Gasteiger partial charge < -0.3 is 10.6 Å². The molecule has 0 heterocycles. The number of hydrogen-bond donors (Lipinski definition) is 2. The molecule has 0 radical (unpaired) electrons. The molecule has 126 valence electrons. The van der Waals surface area contributed by atoms with E-state index in [1.807, 2.05) is 31.2 Å². The summed E-state index contributed by atoms with van der Waals surface area (Å²) in [6.07, 6.45) is 0. The SMILES string of the molecule is Cc1cccc(NC(=O)CSCC(=O)Nc2cc(F)ccc2C)c1. The van der Waals surface area contributed by atoms with Crippen molar-refractivity contribution in [1.29, 1.82) is 0 Å². The van der Waals surface area contributed by atoms with Crippen LogP contribution >= 0.6 is 11.8 Å². The number of hydrogen-bond acceptors (Lipinski definition) is 3. The average Bonchev–Trinajstić information content (AvgIpc) is 2.51. The van der Waals surface area contributed by atoms with Crippen LogP contribution in [0.4, 0.5) is 15.8 Å². The Balaban J connectivity index is 1.76. The van der Waals surface area contributed by atoms with Gasteiger partial charge in [-0.05, 0) is 49.2 Å². The lowest BCUT2D eigenvalue weighted by Gasteiger charge is -2.09. The van der Waals surface area contributed by atoms with Gasteiger partial charge in [0.05, 0.1) is 11.5 Å². The highest BCUT2D eigenvalue weighted by atomic mass is 32.2. The highest BCUT2D eigenvalue weighted by Crippen LogP contribution is 2.16. The quantitative estimate of drug-likeness (QED) is 0.837. The highest BCUT2D eigenvalue weighted by Gasteiger charge is 2.08. The fraction of sp³-hybridized carbons (Fsp3) is 0.222. The molecule has 0 aliphatic carbocycles. The van der Waals surface area contributed by atoms with E-state index in [0.717, 1.165) is 16.8 Å². The van der Waals surface area contributed by atoms with Crippen LogP contribution in [0.1, 0.15) is 11.1 Å². The van der Waals surface area contributed by atoms with Gasteiger partial charge in [0.25, 0.3) is 0 Å². The number of rotatable bonds is 6. The van der Waals surface area contributed by atoms with Crippen molar-refractivity contribution in [1.82, 2.24) is 0 Å². The molecule has 2 aromatic rings. The first-order chi connectivity index (χ1) is 11.4. The van der Waals surface area contributed by atoms with E-state index >= 15 is 0 Å². The third-order valence-corrected chi connectivity index (χ3v) is 4.17. The number of carbonyl (C=O) groups is 2. The normalized spacial score (nSPS) is 10.3. The smallest absolute Gasteiger partial charge is 0.234 e. The summed E-state index contributed by atoms with van der Waals surface area (Å²) in [4.78, 5) is 23.7. The molecular formula is C18H19FN2O2S. The Morgan fingerprint density at radius 3 is 2.42 bits per heavy atom. The van der Waals surface area contributed by atoms with Gasteiger partial charge >= 0.3 is 0 Å². The number of halogens is 1. The van der Waals surface area contributed by atoms with Crippen molar-refractivity contribution >= 4 is 35.0 Å². The maximum Gasteiger partial charge on any atom is 0.234 e. The first kappa shape index (κ1) is 18.0. The fourth-order valence-electron chi connectivity index (χ4n) is 2.07. The molecule has 4 nitrogen and oxygen atoms in total. The maximum atomic E-state index is 13.2. The highest BCUT2D eigenvalue weighted by molar-refractivity contribution is 8.00. The molecule has 0 atom stereocenters. The van der Waals surface area contributed by atoms with Gasteiger partial charge in [-0.15, -0.1) is 11.8 Å². The molecular weight excluding hydrogens is 327 g/mol. The first-order valence-corrected chi connectivity index (χ1v) is 8.60. The Labute approximate surface area is 144 Å². The first-order valence-electron chi connectivity index (χ1n) is 7.44. The third kappa shape index (κ3) is 5.70. The Kier molecular flexibility index (Phi) is 6.37. The standard InChI is InChI=1S/C18H19FN2O2S/c1-12-4-3-5-15(8-12)20-17(22)10-24-11-18(23)21-16-9-14(19)7-6-13(16)2/h3-9H,10-11H2,1-2H3,(H,20,22)(H,21,23). The summed E-state index contributed by atoms with van der Waals surface area (Å²) in [5.74, 6) is -0.542. The third-order valence-electron chi connectivity index (χ3n) is 3.24. The lowest BCUT2D eigenvalue weighted by Crippen LogP contribution is -2.18. The topological polar surface area (TPSA) is 58.2 Å². The summed E-state index contributed by atoms with van der Waals surface area (Å²) in [6.45, 7) is 3.74. The molecule has 24 heavy (non-hydrogen) atoms. The van der Waals surface area contributed by atoms with Gasteiger partial charge in [-0.25, -0.2) is 4.39 Å². The molecule has 2 rings (SSSR count). The molecule has 0 aliphatic rings. The molecule has 2 N–H and O–H groups in total. The van der Waals surface area contributed by atoms with Crippen LogP contribution in [0.2, 0.25) is 0 Å². The van der Waals surface area contributed by atoms with E-state index in [4.69, 9.17) is 0 Å². The monoisotopic (exact) mass is 346 g/mol. The van der Waals surface area contributed by atoms with Crippen molar-refractivity contribution in [2.75, 3.05) is 22.1 Å². The van der Waals surface area contributed by atoms with Crippen LogP contribution in [0.25, 0.3) is 0 Å². The Hall–Kier alpha value is -2.34. The maximum absolute atomic E-state index is 13.2. The molecule has 6 heteroatoms. The van der Waals surface area contributed by atoms with Gasteiger partial charge in [-0.3, -0.25) is 9.59 Å². The summed E-state index contributed by atoms with van der Waals surface area (Å²) in [7, 11) is 0. The van der Waals surface area contributed by atoms with Crippen LogP contribution in [0.5, 0.6) is 0 Å². The van der Waals surface area contributed by atoms with Crippen molar-refractivity contribution in [3.63, 3.8) is 0 Å². The van der Waals surface area contributed by atoms with Crippen molar-refractivity contribution in [3.05, 3.63) is 59.4 Å². The second-order valence-electron chi connectivity index (χ2n) is 5.42. The number of aryl methyl sites for hydroxylation is 2. The van der Waals surface area contributed by atoms with Crippen molar-refractivity contribution < 1.29 is 14.0 Å². The lowest BCUT2D eigenvalue weighted by atomic mass is 10.2. The van der Waals surface area contributed by atoms with E-state index in [2.05, 4.69) is 10.6 Å². The zero-order chi connectivity index (χ0) is 17.5. The minimum atomic E-state index is -0.402. The van der Waals surface area contributed by atoms with Crippen molar-refractivity contribution in [3.8, 4) is 0 Å². The van der Waals surface area contributed by atoms with Crippen molar-refractivity contribution in [2.24, 2.45) is 0 Å². The predicted molar refractivity (Wildman–Crippen MR) is 96.9 cm³/mol. The fourth-order valence-corrected chi connectivity index (χ4v) is 2.69. The average molecular weight is 346 g/mol. The summed E-state index contributed by atoms with van der Waals surface area (Å²) < 4.78 is 13.2. The summed E-state index contributed by atoms with van der Waals surface area (Å²) >= 11 is 1.20. The molecule has 0 aliphatic heterocycles. The van der Waals surface area contributed by atoms with E-state index in [1.165, 1.54) is 23.9 Å². The van der Waals surface area contributed by atoms with Gasteiger partial charge in [-0.1, -0.05) is 18.2 Å². The molecule has 0 spiro atoms. The van der Waals surface area contributed by atoms with E-state index in [-0.39, 0.29) is 23.3 Å². The summed E-state index contributed by atoms with van der Waals surface area (Å²) in [5, 5.41) is 5.43. The number of anilines is 2. The molecule has 0 saturated carbocycles. The van der Waals surface area contributed by atoms with Gasteiger partial charge in [0.2, 0.25) is 11.8 Å². The number of amides is 2. The largest absolute Gasteiger partial charge is 0.325 e. The molecule has 0 aromatic heterocycles. The molecule has 0 bridgehead atoms. The van der Waals surface area contributed by atoms with E-state index < -0.39 is 5.82 Å². The zero-order valence-corrected chi connectivity index (χ0v) is 14.4. The van der Waals surface area contributed by atoms with E-state index in [0.29, 0.717) is 5.69 Å². The molecule has 0 unspecified atom stereocenters. The van der Waals surface area contributed by atoms with Gasteiger partial charge in [0, 0.05) is 11.4 Å². The van der Waals surface area contributed by atoms with Crippen LogP contribution in [0.15, 0.2) is 42.5 Å². The van der Waals surface area contributed by atoms with E-state index in [9.17, 15) is 14.0 Å². The second-order valence-corrected chi connectivity index (χ2v) is 6.40. The number of benzene rings is 2. The Morgan fingerprint density at radius 2 is 1.71 bits per heavy atom. The van der Waals surface area contributed by atoms with E-state index in [1.54, 1.807) is 13.0 Å². The summed E-state index contributed by atoms with van der Waals surface area (Å²) in [6, 6.07) is 11.7. The molecule has 0 fully saturated rings. The van der Waals surface area contributed by atoms with Crippen molar-refractivity contribution in [2.45, 2.75) is 13.8 Å². The number of thioether (sulfide) groups is 1. The number of nitrogens with one attached hydrogen (secondary N) is 2. The van der Waals surface area contributed by atoms with Gasteiger partial charge in [0.15, 0.2) is 0 Å². The minimum Gasteiger partial charge on any atom is -0.325 e. The van der Waals surface area contributed by atoms with Gasteiger partial charge in [0.1, 0.15) is 5.82 Å². The van der Waals surface area contributed by atoms with Crippen LogP contribution < -0.4 is 10.6 Å². The molecule has 2 amide bonds. The Morgan fingerprint density at radius 1 is 1.00 bits per heavy atom. The molecule has 0 saturated heterocycles. The predicted octanol–water partition coefficient (Wildman–Crippen LogP) is 3.75. The zero-order valence-electron chi connectivity index (χ0n) is 13.6. The Bertz CT molecular complexity index is 750. The van der Waals surface area contributed by atoms with Crippen LogP contribution in [0.3, 0.4) is 0 Å². The van der Waals surface area contributed by atoms with Crippen LogP contribution in [-0.4, -0.2) is 23.3 Å². The second kappa shape index (κ2) is 8.49. The van der Waals surface area contributed by atoms with Gasteiger partial charge in [-0.2, -0.15) is 0 Å².